The van der Waals surface area contributed by atoms with Crippen LogP contribution in [-0.2, 0) is 10.0 Å². The molecular formula is C18H18ClFN2O4S2. The minimum Gasteiger partial charge on any atom is -0.387 e. The molecule has 2 aromatic carbocycles. The number of rotatable bonds is 6. The van der Waals surface area contributed by atoms with E-state index in [1.807, 2.05) is 0 Å². The maximum atomic E-state index is 13.0. The van der Waals surface area contributed by atoms with Crippen molar-refractivity contribution < 1.29 is 22.7 Å². The minimum atomic E-state index is -4.01. The number of anilines is 1. The van der Waals surface area contributed by atoms with Crippen molar-refractivity contribution in [2.24, 2.45) is 0 Å². The van der Waals surface area contributed by atoms with Crippen molar-refractivity contribution in [1.82, 2.24) is 5.32 Å². The minimum absolute atomic E-state index is 0.0158. The summed E-state index contributed by atoms with van der Waals surface area (Å²) in [6.07, 6.45) is 0.571. The van der Waals surface area contributed by atoms with Gasteiger partial charge in [0.2, 0.25) is 0 Å². The highest BCUT2D eigenvalue weighted by Gasteiger charge is 2.32. The summed E-state index contributed by atoms with van der Waals surface area (Å²) in [6.45, 7) is 0.0555. The maximum absolute atomic E-state index is 13.0. The van der Waals surface area contributed by atoms with Crippen LogP contribution in [0.2, 0.25) is 5.02 Å². The SMILES string of the molecule is O=C(NCC1(O)CCSC1)c1cc(S(=O)(=O)Nc2ccc(F)cc2)ccc1Cl. The molecule has 1 saturated heterocycles. The third-order valence-electron chi connectivity index (χ3n) is 4.25. The lowest BCUT2D eigenvalue weighted by Crippen LogP contribution is -2.43. The van der Waals surface area contributed by atoms with Gasteiger partial charge in [-0.15, -0.1) is 0 Å². The van der Waals surface area contributed by atoms with Gasteiger partial charge in [0.1, 0.15) is 5.82 Å². The zero-order valence-electron chi connectivity index (χ0n) is 14.6. The molecule has 6 nitrogen and oxygen atoms in total. The van der Waals surface area contributed by atoms with Crippen LogP contribution >= 0.6 is 23.4 Å². The molecule has 28 heavy (non-hydrogen) atoms. The van der Waals surface area contributed by atoms with Crippen molar-refractivity contribution in [3.05, 3.63) is 58.9 Å². The summed E-state index contributed by atoms with van der Waals surface area (Å²) in [5, 5.41) is 13.0. The number of carbonyl (C=O) groups is 1. The van der Waals surface area contributed by atoms with E-state index in [0.29, 0.717) is 12.2 Å². The number of nitrogens with one attached hydrogen (secondary N) is 2. The van der Waals surface area contributed by atoms with Gasteiger partial charge in [-0.2, -0.15) is 11.8 Å². The molecule has 3 N–H and O–H groups in total. The molecule has 0 aliphatic carbocycles. The van der Waals surface area contributed by atoms with Crippen LogP contribution in [0.3, 0.4) is 0 Å². The van der Waals surface area contributed by atoms with Gasteiger partial charge in [-0.3, -0.25) is 9.52 Å². The van der Waals surface area contributed by atoms with Gasteiger partial charge in [-0.05, 0) is 54.6 Å². The van der Waals surface area contributed by atoms with Gasteiger partial charge in [-0.25, -0.2) is 12.8 Å². The third kappa shape index (κ3) is 4.96. The number of thioether (sulfide) groups is 1. The number of benzene rings is 2. The van der Waals surface area contributed by atoms with Gasteiger partial charge in [0.05, 0.1) is 21.1 Å². The summed E-state index contributed by atoms with van der Waals surface area (Å²) in [5.41, 5.74) is -0.804. The van der Waals surface area contributed by atoms with Gasteiger partial charge in [0, 0.05) is 18.0 Å². The monoisotopic (exact) mass is 444 g/mol. The van der Waals surface area contributed by atoms with Crippen molar-refractivity contribution in [1.29, 1.82) is 0 Å². The Morgan fingerprint density at radius 2 is 1.96 bits per heavy atom. The van der Waals surface area contributed by atoms with Crippen molar-refractivity contribution in [3.8, 4) is 0 Å². The Labute approximate surface area is 171 Å². The average Bonchev–Trinajstić information content (AvgIpc) is 3.09. The highest BCUT2D eigenvalue weighted by molar-refractivity contribution is 7.99. The van der Waals surface area contributed by atoms with Gasteiger partial charge in [-0.1, -0.05) is 11.6 Å². The Morgan fingerprint density at radius 3 is 2.61 bits per heavy atom. The molecule has 0 aromatic heterocycles. The van der Waals surface area contributed by atoms with E-state index in [9.17, 15) is 22.7 Å². The molecule has 0 radical (unpaired) electrons. The number of aliphatic hydroxyl groups is 1. The fourth-order valence-electron chi connectivity index (χ4n) is 2.65. The summed E-state index contributed by atoms with van der Waals surface area (Å²) in [6, 6.07) is 8.58. The van der Waals surface area contributed by atoms with Gasteiger partial charge < -0.3 is 10.4 Å². The predicted molar refractivity (Wildman–Crippen MR) is 108 cm³/mol. The number of hydrogen-bond donors (Lipinski definition) is 3. The van der Waals surface area contributed by atoms with Crippen LogP contribution in [0.25, 0.3) is 0 Å². The van der Waals surface area contributed by atoms with Crippen molar-refractivity contribution in [2.75, 3.05) is 22.8 Å². The van der Waals surface area contributed by atoms with Crippen LogP contribution < -0.4 is 10.0 Å². The second kappa shape index (κ2) is 8.28. The Morgan fingerprint density at radius 1 is 1.25 bits per heavy atom. The molecule has 1 atom stereocenters. The first-order valence-electron chi connectivity index (χ1n) is 8.35. The average molecular weight is 445 g/mol. The van der Waals surface area contributed by atoms with E-state index < -0.39 is 27.3 Å². The van der Waals surface area contributed by atoms with Crippen LogP contribution in [0, 0.1) is 5.82 Å². The molecule has 2 aromatic rings. The highest BCUT2D eigenvalue weighted by Crippen LogP contribution is 2.27. The van der Waals surface area contributed by atoms with E-state index in [1.165, 1.54) is 24.3 Å². The van der Waals surface area contributed by atoms with E-state index in [-0.39, 0.29) is 27.7 Å². The Kier molecular flexibility index (Phi) is 6.18. The fourth-order valence-corrected chi connectivity index (χ4v) is 5.24. The first-order chi connectivity index (χ1) is 13.2. The van der Waals surface area contributed by atoms with E-state index in [4.69, 9.17) is 11.6 Å². The molecule has 1 aliphatic rings. The van der Waals surface area contributed by atoms with E-state index in [1.54, 1.807) is 11.8 Å². The molecular weight excluding hydrogens is 427 g/mol. The largest absolute Gasteiger partial charge is 0.387 e. The molecule has 1 fully saturated rings. The van der Waals surface area contributed by atoms with E-state index in [0.717, 1.165) is 24.0 Å². The summed E-state index contributed by atoms with van der Waals surface area (Å²) in [4.78, 5) is 12.3. The second-order valence-electron chi connectivity index (χ2n) is 6.46. The summed E-state index contributed by atoms with van der Waals surface area (Å²) < 4.78 is 40.4. The van der Waals surface area contributed by atoms with Gasteiger partial charge in [0.15, 0.2) is 0 Å². The van der Waals surface area contributed by atoms with Gasteiger partial charge >= 0.3 is 0 Å². The van der Waals surface area contributed by atoms with Crippen LogP contribution in [0.15, 0.2) is 47.4 Å². The standard InChI is InChI=1S/C18H18ClFN2O4S2/c19-16-6-5-14(28(25,26)22-13-3-1-12(20)2-4-13)9-15(16)17(23)21-10-18(24)7-8-27-11-18/h1-6,9,22,24H,7-8,10-11H2,(H,21,23). The lowest BCUT2D eigenvalue weighted by Gasteiger charge is -2.21. The number of carbonyl (C=O) groups excluding carboxylic acids is 1. The molecule has 1 unspecified atom stereocenters. The molecule has 1 heterocycles. The Hall–Kier alpha value is -1.81. The molecule has 150 valence electrons. The normalized spacial score (nSPS) is 19.4. The van der Waals surface area contributed by atoms with Crippen LogP contribution in [0.1, 0.15) is 16.8 Å². The second-order valence-corrected chi connectivity index (χ2v) is 9.66. The predicted octanol–water partition coefficient (Wildman–Crippen LogP) is 2.88. The number of halogens is 2. The Bertz CT molecular complexity index is 978. The lowest BCUT2D eigenvalue weighted by molar-refractivity contribution is 0.0612. The molecule has 10 heteroatoms. The summed E-state index contributed by atoms with van der Waals surface area (Å²) >= 11 is 7.67. The zero-order chi connectivity index (χ0) is 20.4. The van der Waals surface area contributed by atoms with Crippen molar-refractivity contribution in [2.45, 2.75) is 16.9 Å². The molecule has 1 aliphatic heterocycles. The van der Waals surface area contributed by atoms with E-state index in [2.05, 4.69) is 10.0 Å². The molecule has 0 bridgehead atoms. The molecule has 0 spiro atoms. The van der Waals surface area contributed by atoms with Crippen LogP contribution in [0.5, 0.6) is 0 Å². The fraction of sp³-hybridized carbons (Fsp3) is 0.278. The molecule has 3 rings (SSSR count). The van der Waals surface area contributed by atoms with Crippen molar-refractivity contribution >= 4 is 45.0 Å². The van der Waals surface area contributed by atoms with Crippen LogP contribution in [-0.4, -0.2) is 43.1 Å². The summed E-state index contributed by atoms with van der Waals surface area (Å²) in [7, 11) is -4.01. The van der Waals surface area contributed by atoms with Gasteiger partial charge in [0.25, 0.3) is 15.9 Å². The molecule has 1 amide bonds. The smallest absolute Gasteiger partial charge is 0.261 e. The lowest BCUT2D eigenvalue weighted by atomic mass is 10.0. The first kappa shape index (κ1) is 20.9. The number of amides is 1. The highest BCUT2D eigenvalue weighted by atomic mass is 35.5. The van der Waals surface area contributed by atoms with Crippen LogP contribution in [0.4, 0.5) is 10.1 Å². The Balaban J connectivity index is 1.77. The third-order valence-corrected chi connectivity index (χ3v) is 7.19. The topological polar surface area (TPSA) is 95.5 Å². The zero-order valence-corrected chi connectivity index (χ0v) is 17.0. The van der Waals surface area contributed by atoms with Crippen molar-refractivity contribution in [3.63, 3.8) is 0 Å². The quantitative estimate of drug-likeness (QED) is 0.636. The number of hydrogen-bond acceptors (Lipinski definition) is 5. The summed E-state index contributed by atoms with van der Waals surface area (Å²) in [5.74, 6) is 0.275. The first-order valence-corrected chi connectivity index (χ1v) is 11.4. The molecule has 0 saturated carbocycles. The number of sulfonamides is 1. The maximum Gasteiger partial charge on any atom is 0.261 e. The van der Waals surface area contributed by atoms with E-state index >= 15 is 0 Å².